The molecule has 4 rings (SSSR count). The normalized spacial score (nSPS) is 16.0. The van der Waals surface area contributed by atoms with Crippen molar-refractivity contribution in [2.45, 2.75) is 44.6 Å². The molecule has 0 radical (unpaired) electrons. The molecular formula is C22H26N4O4S2. The fraction of sp³-hybridized carbons (Fsp3) is 0.409. The lowest BCUT2D eigenvalue weighted by Gasteiger charge is -2.30. The van der Waals surface area contributed by atoms with Crippen molar-refractivity contribution in [2.75, 3.05) is 18.4 Å². The maximum Gasteiger partial charge on any atom is 0.308 e. The van der Waals surface area contributed by atoms with E-state index < -0.39 is 10.0 Å². The average molecular weight is 475 g/mol. The Balaban J connectivity index is 1.47. The number of carbonyl (C=O) groups excluding carboxylic acids is 1. The molecule has 0 aliphatic carbocycles. The van der Waals surface area contributed by atoms with Gasteiger partial charge in [0, 0.05) is 31.2 Å². The highest BCUT2D eigenvalue weighted by Gasteiger charge is 2.32. The minimum Gasteiger partial charge on any atom is -0.310 e. The summed E-state index contributed by atoms with van der Waals surface area (Å²) in [6.45, 7) is 6.26. The molecule has 170 valence electrons. The van der Waals surface area contributed by atoms with E-state index in [1.807, 2.05) is 32.9 Å². The fourth-order valence-electron chi connectivity index (χ4n) is 4.01. The number of carbonyl (C=O) groups is 1. The Labute approximate surface area is 190 Å². The summed E-state index contributed by atoms with van der Waals surface area (Å²) in [6.07, 6.45) is 2.51. The Morgan fingerprint density at radius 3 is 2.59 bits per heavy atom. The van der Waals surface area contributed by atoms with Gasteiger partial charge in [-0.3, -0.25) is 14.2 Å². The van der Waals surface area contributed by atoms with E-state index in [0.717, 1.165) is 22.4 Å². The molecule has 1 saturated heterocycles. The van der Waals surface area contributed by atoms with Crippen molar-refractivity contribution in [1.82, 2.24) is 13.9 Å². The van der Waals surface area contributed by atoms with Gasteiger partial charge in [-0.25, -0.2) is 13.4 Å². The predicted molar refractivity (Wildman–Crippen MR) is 126 cm³/mol. The molecule has 2 aromatic heterocycles. The molecular weight excluding hydrogens is 448 g/mol. The Kier molecular flexibility index (Phi) is 6.19. The average Bonchev–Trinajstić information content (AvgIpc) is 3.10. The Morgan fingerprint density at radius 2 is 1.94 bits per heavy atom. The Morgan fingerprint density at radius 1 is 1.22 bits per heavy atom. The minimum atomic E-state index is -3.71. The quantitative estimate of drug-likeness (QED) is 0.611. The van der Waals surface area contributed by atoms with Crippen LogP contribution in [0.5, 0.6) is 0 Å². The predicted octanol–water partition coefficient (Wildman–Crippen LogP) is 3.39. The van der Waals surface area contributed by atoms with Crippen LogP contribution >= 0.6 is 11.3 Å². The molecule has 32 heavy (non-hydrogen) atoms. The van der Waals surface area contributed by atoms with Gasteiger partial charge in [0.05, 0.1) is 15.1 Å². The number of fused-ring (bicyclic) bond motifs is 1. The first-order valence-corrected chi connectivity index (χ1v) is 12.8. The molecule has 1 aliphatic rings. The van der Waals surface area contributed by atoms with Crippen LogP contribution in [0.4, 0.5) is 5.82 Å². The number of aryl methyl sites for hydroxylation is 1. The van der Waals surface area contributed by atoms with Crippen molar-refractivity contribution in [3.63, 3.8) is 0 Å². The number of aromatic nitrogens is 2. The summed E-state index contributed by atoms with van der Waals surface area (Å²) >= 11 is 1.06. The van der Waals surface area contributed by atoms with Gasteiger partial charge >= 0.3 is 4.87 Å². The number of hydrogen-bond acceptors (Lipinski definition) is 6. The molecule has 0 saturated carbocycles. The van der Waals surface area contributed by atoms with Crippen LogP contribution in [0.3, 0.4) is 0 Å². The van der Waals surface area contributed by atoms with Crippen LogP contribution in [0, 0.1) is 12.8 Å². The second-order valence-corrected chi connectivity index (χ2v) is 11.2. The Bertz CT molecular complexity index is 1320. The summed E-state index contributed by atoms with van der Waals surface area (Å²) in [7, 11) is -3.71. The lowest BCUT2D eigenvalue weighted by molar-refractivity contribution is -0.120. The van der Waals surface area contributed by atoms with Gasteiger partial charge in [0.25, 0.3) is 0 Å². The maximum absolute atomic E-state index is 13.2. The first kappa shape index (κ1) is 22.6. The standard InChI is InChI=1S/C22H26N4O4S2/c1-14(2)26-18-7-6-17(13-19(18)31-22(26)28)32(29,30)25-11-8-16(9-12-25)21(27)24-20-15(3)5-4-10-23-20/h4-7,10,13-14,16H,8-9,11-12H2,1-3H3,(H,23,24,27). The summed E-state index contributed by atoms with van der Waals surface area (Å²) in [5.74, 6) is 0.133. The fourth-order valence-corrected chi connectivity index (χ4v) is 6.63. The molecule has 0 spiro atoms. The van der Waals surface area contributed by atoms with Gasteiger partial charge in [0.2, 0.25) is 15.9 Å². The van der Waals surface area contributed by atoms with Crippen LogP contribution < -0.4 is 10.2 Å². The molecule has 0 bridgehead atoms. The summed E-state index contributed by atoms with van der Waals surface area (Å²) in [5.41, 5.74) is 1.62. The molecule has 1 aromatic carbocycles. The third-order valence-corrected chi connectivity index (χ3v) is 8.63. The molecule has 1 N–H and O–H groups in total. The van der Waals surface area contributed by atoms with E-state index in [4.69, 9.17) is 0 Å². The first-order valence-electron chi connectivity index (χ1n) is 10.6. The third-order valence-electron chi connectivity index (χ3n) is 5.81. The highest BCUT2D eigenvalue weighted by Crippen LogP contribution is 2.28. The van der Waals surface area contributed by atoms with Crippen molar-refractivity contribution in [3.05, 3.63) is 51.8 Å². The van der Waals surface area contributed by atoms with Crippen molar-refractivity contribution in [3.8, 4) is 0 Å². The van der Waals surface area contributed by atoms with Gasteiger partial charge in [0.1, 0.15) is 5.82 Å². The van der Waals surface area contributed by atoms with Crippen molar-refractivity contribution in [2.24, 2.45) is 5.92 Å². The molecule has 0 atom stereocenters. The van der Waals surface area contributed by atoms with E-state index in [2.05, 4.69) is 10.3 Å². The van der Waals surface area contributed by atoms with Crippen LogP contribution in [-0.2, 0) is 14.8 Å². The van der Waals surface area contributed by atoms with Crippen LogP contribution in [0.15, 0.2) is 46.2 Å². The van der Waals surface area contributed by atoms with Crippen LogP contribution in [0.2, 0.25) is 0 Å². The van der Waals surface area contributed by atoms with Crippen LogP contribution in [0.25, 0.3) is 10.2 Å². The molecule has 3 aromatic rings. The number of sulfonamides is 1. The molecule has 8 nitrogen and oxygen atoms in total. The number of benzene rings is 1. The lowest BCUT2D eigenvalue weighted by atomic mass is 9.97. The summed E-state index contributed by atoms with van der Waals surface area (Å²) in [6, 6.07) is 8.53. The molecule has 1 aliphatic heterocycles. The van der Waals surface area contributed by atoms with Crippen molar-refractivity contribution < 1.29 is 13.2 Å². The number of thiazole rings is 1. The monoisotopic (exact) mass is 474 g/mol. The number of pyridine rings is 1. The zero-order valence-corrected chi connectivity index (χ0v) is 19.9. The van der Waals surface area contributed by atoms with Gasteiger partial charge in [0.15, 0.2) is 0 Å². The van der Waals surface area contributed by atoms with Gasteiger partial charge in [-0.2, -0.15) is 4.31 Å². The molecule has 0 unspecified atom stereocenters. The second-order valence-electron chi connectivity index (χ2n) is 8.30. The van der Waals surface area contributed by atoms with E-state index >= 15 is 0 Å². The van der Waals surface area contributed by atoms with Gasteiger partial charge < -0.3 is 5.32 Å². The van der Waals surface area contributed by atoms with Crippen LogP contribution in [0.1, 0.15) is 38.3 Å². The smallest absolute Gasteiger partial charge is 0.308 e. The summed E-state index contributed by atoms with van der Waals surface area (Å²) < 4.78 is 30.2. The van der Waals surface area contributed by atoms with Crippen molar-refractivity contribution in [1.29, 1.82) is 0 Å². The largest absolute Gasteiger partial charge is 0.310 e. The number of rotatable bonds is 5. The molecule has 10 heteroatoms. The van der Waals surface area contributed by atoms with E-state index in [-0.39, 0.29) is 40.7 Å². The second kappa shape index (κ2) is 8.76. The van der Waals surface area contributed by atoms with E-state index in [1.54, 1.807) is 29.0 Å². The number of piperidine rings is 1. The number of amides is 1. The molecule has 1 fully saturated rings. The van der Waals surface area contributed by atoms with Gasteiger partial charge in [-0.15, -0.1) is 0 Å². The van der Waals surface area contributed by atoms with Crippen LogP contribution in [-0.4, -0.2) is 41.3 Å². The van der Waals surface area contributed by atoms with Gasteiger partial charge in [-0.1, -0.05) is 17.4 Å². The lowest BCUT2D eigenvalue weighted by Crippen LogP contribution is -2.41. The zero-order chi connectivity index (χ0) is 23.0. The van der Waals surface area contributed by atoms with E-state index in [0.29, 0.717) is 23.4 Å². The third kappa shape index (κ3) is 4.22. The minimum absolute atomic E-state index is 0.00115. The highest BCUT2D eigenvalue weighted by molar-refractivity contribution is 7.89. The molecule has 1 amide bonds. The maximum atomic E-state index is 13.2. The summed E-state index contributed by atoms with van der Waals surface area (Å²) in [4.78, 5) is 29.2. The van der Waals surface area contributed by atoms with Gasteiger partial charge in [-0.05, 0) is 63.4 Å². The van der Waals surface area contributed by atoms with Crippen molar-refractivity contribution >= 4 is 43.3 Å². The topological polar surface area (TPSA) is 101 Å². The highest BCUT2D eigenvalue weighted by atomic mass is 32.2. The van der Waals surface area contributed by atoms with E-state index in [1.165, 1.54) is 4.31 Å². The number of nitrogens with one attached hydrogen (secondary N) is 1. The number of anilines is 1. The number of hydrogen-bond donors (Lipinski definition) is 1. The van der Waals surface area contributed by atoms with E-state index in [9.17, 15) is 18.0 Å². The Hall–Kier alpha value is -2.56. The first-order chi connectivity index (χ1) is 15.2. The summed E-state index contributed by atoms with van der Waals surface area (Å²) in [5, 5.41) is 2.85. The number of nitrogens with zero attached hydrogens (tertiary/aromatic N) is 3. The zero-order valence-electron chi connectivity index (χ0n) is 18.2. The SMILES string of the molecule is Cc1cccnc1NC(=O)C1CCN(S(=O)(=O)c2ccc3c(c2)sc(=O)n3C(C)C)CC1. The molecule has 3 heterocycles.